The van der Waals surface area contributed by atoms with Crippen molar-refractivity contribution < 1.29 is 9.59 Å². The minimum Gasteiger partial charge on any atom is -0.352 e. The van der Waals surface area contributed by atoms with Crippen molar-refractivity contribution in [2.75, 3.05) is 11.9 Å². The van der Waals surface area contributed by atoms with Gasteiger partial charge < -0.3 is 15.2 Å². The molecule has 0 atom stereocenters. The maximum atomic E-state index is 12.4. The maximum Gasteiger partial charge on any atom is 0.251 e. The molecule has 0 radical (unpaired) electrons. The van der Waals surface area contributed by atoms with E-state index in [1.165, 1.54) is 11.8 Å². The Balaban J connectivity index is 1.57. The Kier molecular flexibility index (Phi) is 7.19. The van der Waals surface area contributed by atoms with Crippen LogP contribution in [0.15, 0.2) is 64.9 Å². The number of imidazole rings is 1. The topological polar surface area (TPSA) is 76.0 Å². The number of aromatic nitrogens is 2. The molecule has 29 heavy (non-hydrogen) atoms. The highest BCUT2D eigenvalue weighted by Gasteiger charge is 2.12. The van der Waals surface area contributed by atoms with E-state index >= 15 is 0 Å². The second-order valence-electron chi connectivity index (χ2n) is 6.12. The van der Waals surface area contributed by atoms with Gasteiger partial charge in [0.25, 0.3) is 5.91 Å². The molecule has 0 fully saturated rings. The summed E-state index contributed by atoms with van der Waals surface area (Å²) in [5, 5.41) is 7.43. The van der Waals surface area contributed by atoms with Crippen molar-refractivity contribution >= 4 is 52.5 Å². The molecule has 2 N–H and O–H groups in total. The lowest BCUT2D eigenvalue weighted by atomic mass is 10.2. The quantitative estimate of drug-likeness (QED) is 0.551. The summed E-state index contributed by atoms with van der Waals surface area (Å²) in [6, 6.07) is 11.8. The van der Waals surface area contributed by atoms with Crippen LogP contribution in [0.25, 0.3) is 0 Å². The summed E-state index contributed by atoms with van der Waals surface area (Å²) in [4.78, 5) is 29.5. The van der Waals surface area contributed by atoms with E-state index in [1.54, 1.807) is 42.6 Å². The number of amides is 2. The minimum absolute atomic E-state index is 0.123. The standard InChI is InChI=1S/C20H18Cl2N4O2S/c1-26-11-10-24-20(26)29-17-7-6-15(22)12-16(17)25-18(27)8-9-23-19(28)13-2-4-14(21)5-3-13/h2-7,10-12H,8-9H2,1H3,(H,23,28)(H,25,27). The number of nitrogens with one attached hydrogen (secondary N) is 2. The third-order valence-corrected chi connectivity index (χ3v) is 5.58. The van der Waals surface area contributed by atoms with Gasteiger partial charge in [0.05, 0.1) is 5.69 Å². The molecule has 0 spiro atoms. The van der Waals surface area contributed by atoms with E-state index in [-0.39, 0.29) is 24.8 Å². The van der Waals surface area contributed by atoms with Gasteiger partial charge in [0.15, 0.2) is 5.16 Å². The Bertz CT molecular complexity index is 1020. The molecule has 0 saturated heterocycles. The van der Waals surface area contributed by atoms with E-state index in [0.29, 0.717) is 21.3 Å². The average molecular weight is 449 g/mol. The third kappa shape index (κ3) is 6.00. The van der Waals surface area contributed by atoms with Crippen LogP contribution in [0.2, 0.25) is 10.0 Å². The number of anilines is 1. The van der Waals surface area contributed by atoms with E-state index in [2.05, 4.69) is 15.6 Å². The number of carbonyl (C=O) groups is 2. The molecule has 2 aromatic carbocycles. The van der Waals surface area contributed by atoms with Crippen molar-refractivity contribution in [3.8, 4) is 0 Å². The predicted octanol–water partition coefficient (Wildman–Crippen LogP) is 4.64. The number of halogens is 2. The molecule has 2 amide bonds. The Labute approximate surface area is 182 Å². The van der Waals surface area contributed by atoms with E-state index in [1.807, 2.05) is 23.9 Å². The van der Waals surface area contributed by atoms with Crippen LogP contribution in [-0.4, -0.2) is 27.9 Å². The molecule has 0 aliphatic rings. The lowest BCUT2D eigenvalue weighted by molar-refractivity contribution is -0.116. The molecule has 0 saturated carbocycles. The summed E-state index contributed by atoms with van der Waals surface area (Å²) < 4.78 is 1.89. The van der Waals surface area contributed by atoms with Crippen molar-refractivity contribution in [3.05, 3.63) is 70.5 Å². The van der Waals surface area contributed by atoms with Gasteiger partial charge in [-0.15, -0.1) is 0 Å². The second-order valence-corrected chi connectivity index (χ2v) is 8.01. The van der Waals surface area contributed by atoms with Gasteiger partial charge in [-0.05, 0) is 54.2 Å². The van der Waals surface area contributed by atoms with Crippen molar-refractivity contribution in [2.45, 2.75) is 16.5 Å². The smallest absolute Gasteiger partial charge is 0.251 e. The highest BCUT2D eigenvalue weighted by atomic mass is 35.5. The number of benzene rings is 2. The SMILES string of the molecule is Cn1ccnc1Sc1ccc(Cl)cc1NC(=O)CCNC(=O)c1ccc(Cl)cc1. The number of carbonyl (C=O) groups excluding carboxylic acids is 2. The zero-order valence-corrected chi connectivity index (χ0v) is 17.8. The highest BCUT2D eigenvalue weighted by Crippen LogP contribution is 2.34. The largest absolute Gasteiger partial charge is 0.352 e. The van der Waals surface area contributed by atoms with Gasteiger partial charge in [-0.3, -0.25) is 9.59 Å². The lowest BCUT2D eigenvalue weighted by Gasteiger charge is -2.12. The minimum atomic E-state index is -0.261. The first-order chi connectivity index (χ1) is 13.9. The summed E-state index contributed by atoms with van der Waals surface area (Å²) in [6.45, 7) is 0.204. The number of hydrogen-bond acceptors (Lipinski definition) is 4. The highest BCUT2D eigenvalue weighted by molar-refractivity contribution is 7.99. The van der Waals surface area contributed by atoms with Crippen molar-refractivity contribution in [1.82, 2.24) is 14.9 Å². The molecule has 150 valence electrons. The molecule has 1 heterocycles. The summed E-state index contributed by atoms with van der Waals surface area (Å²) >= 11 is 13.3. The Morgan fingerprint density at radius 1 is 1.10 bits per heavy atom. The molecule has 3 rings (SSSR count). The van der Waals surface area contributed by atoms with Crippen molar-refractivity contribution in [2.24, 2.45) is 7.05 Å². The Hall–Kier alpha value is -2.48. The Morgan fingerprint density at radius 3 is 2.52 bits per heavy atom. The molecule has 0 unspecified atom stereocenters. The van der Waals surface area contributed by atoms with Crippen molar-refractivity contribution in [3.63, 3.8) is 0 Å². The monoisotopic (exact) mass is 448 g/mol. The van der Waals surface area contributed by atoms with Crippen LogP contribution in [-0.2, 0) is 11.8 Å². The molecule has 0 aliphatic carbocycles. The first-order valence-electron chi connectivity index (χ1n) is 8.71. The molecule has 3 aromatic rings. The normalized spacial score (nSPS) is 10.6. The van der Waals surface area contributed by atoms with E-state index in [0.717, 1.165) is 10.1 Å². The zero-order chi connectivity index (χ0) is 20.8. The average Bonchev–Trinajstić information content (AvgIpc) is 3.09. The fraction of sp³-hybridized carbons (Fsp3) is 0.150. The first-order valence-corrected chi connectivity index (χ1v) is 10.3. The van der Waals surface area contributed by atoms with Gasteiger partial charge in [-0.2, -0.15) is 0 Å². The van der Waals surface area contributed by atoms with Gasteiger partial charge in [0, 0.05) is 52.9 Å². The molecule has 9 heteroatoms. The van der Waals surface area contributed by atoms with Crippen molar-refractivity contribution in [1.29, 1.82) is 0 Å². The van der Waals surface area contributed by atoms with Crippen LogP contribution in [0.1, 0.15) is 16.8 Å². The lowest BCUT2D eigenvalue weighted by Crippen LogP contribution is -2.27. The van der Waals surface area contributed by atoms with Crippen LogP contribution in [0, 0.1) is 0 Å². The van der Waals surface area contributed by atoms with Crippen LogP contribution in [0.4, 0.5) is 5.69 Å². The molecule has 6 nitrogen and oxygen atoms in total. The number of rotatable bonds is 7. The fourth-order valence-corrected chi connectivity index (χ4v) is 3.61. The van der Waals surface area contributed by atoms with E-state index in [9.17, 15) is 9.59 Å². The van der Waals surface area contributed by atoms with Gasteiger partial charge in [-0.1, -0.05) is 23.2 Å². The van der Waals surface area contributed by atoms with Crippen LogP contribution in [0.3, 0.4) is 0 Å². The van der Waals surface area contributed by atoms with Gasteiger partial charge >= 0.3 is 0 Å². The van der Waals surface area contributed by atoms with Crippen LogP contribution in [0.5, 0.6) is 0 Å². The van der Waals surface area contributed by atoms with Gasteiger partial charge in [0.1, 0.15) is 0 Å². The second kappa shape index (κ2) is 9.82. The van der Waals surface area contributed by atoms with Gasteiger partial charge in [0.2, 0.25) is 5.91 Å². The van der Waals surface area contributed by atoms with Crippen LogP contribution < -0.4 is 10.6 Å². The maximum absolute atomic E-state index is 12.4. The summed E-state index contributed by atoms with van der Waals surface area (Å²) in [7, 11) is 1.90. The summed E-state index contributed by atoms with van der Waals surface area (Å²) in [5.41, 5.74) is 1.08. The molecular weight excluding hydrogens is 431 g/mol. The number of nitrogens with zero attached hydrogens (tertiary/aromatic N) is 2. The number of hydrogen-bond donors (Lipinski definition) is 2. The summed E-state index contributed by atoms with van der Waals surface area (Å²) in [6.07, 6.45) is 3.68. The third-order valence-electron chi connectivity index (χ3n) is 3.94. The fourth-order valence-electron chi connectivity index (χ4n) is 2.44. The van der Waals surface area contributed by atoms with Gasteiger partial charge in [-0.25, -0.2) is 4.98 Å². The zero-order valence-electron chi connectivity index (χ0n) is 15.5. The molecule has 1 aromatic heterocycles. The Morgan fingerprint density at radius 2 is 1.83 bits per heavy atom. The molecule has 0 bridgehead atoms. The molecular formula is C20H18Cl2N4O2S. The van der Waals surface area contributed by atoms with E-state index in [4.69, 9.17) is 23.2 Å². The first kappa shape index (κ1) is 21.2. The van der Waals surface area contributed by atoms with Crippen LogP contribution >= 0.6 is 35.0 Å². The number of aryl methyl sites for hydroxylation is 1. The predicted molar refractivity (Wildman–Crippen MR) is 116 cm³/mol. The summed E-state index contributed by atoms with van der Waals surface area (Å²) in [5.74, 6) is -0.492. The molecule has 0 aliphatic heterocycles. The van der Waals surface area contributed by atoms with E-state index < -0.39 is 0 Å².